The van der Waals surface area contributed by atoms with E-state index in [0.717, 1.165) is 10.8 Å². The molecule has 94 valence electrons. The first-order valence-electron chi connectivity index (χ1n) is 5.13. The van der Waals surface area contributed by atoms with E-state index in [2.05, 4.69) is 0 Å². The number of benzene rings is 2. The predicted octanol–water partition coefficient (Wildman–Crippen LogP) is 4.90. The van der Waals surface area contributed by atoms with Crippen LogP contribution < -0.4 is 4.74 Å². The van der Waals surface area contributed by atoms with E-state index in [0.29, 0.717) is 10.8 Å². The molecule has 0 radical (unpaired) electrons. The molecule has 0 atom stereocenters. The van der Waals surface area contributed by atoms with Crippen molar-refractivity contribution in [3.63, 3.8) is 0 Å². The molecule has 2 aromatic rings. The smallest absolute Gasteiger partial charge is 0.134 e. The fraction of sp³-hybridized carbons (Fsp3) is 0.0769. The van der Waals surface area contributed by atoms with Crippen molar-refractivity contribution in [2.75, 3.05) is 6.61 Å². The van der Waals surface area contributed by atoms with E-state index < -0.39 is 0 Å². The minimum atomic E-state index is 0.0463. The number of aromatic hydroxyl groups is 1. The summed E-state index contributed by atoms with van der Waals surface area (Å²) in [6, 6.07) is 8.78. The molecule has 2 rings (SSSR count). The molecule has 0 aliphatic carbocycles. The zero-order valence-electron chi connectivity index (χ0n) is 9.16. The van der Waals surface area contributed by atoms with E-state index >= 15 is 0 Å². The van der Waals surface area contributed by atoms with Gasteiger partial charge >= 0.3 is 0 Å². The van der Waals surface area contributed by atoms with Gasteiger partial charge in [0.05, 0.1) is 5.02 Å². The Bertz CT molecular complexity index is 604. The van der Waals surface area contributed by atoms with Crippen molar-refractivity contribution in [1.82, 2.24) is 0 Å². The van der Waals surface area contributed by atoms with Crippen LogP contribution >= 0.6 is 34.8 Å². The molecule has 0 aliphatic heterocycles. The largest absolute Gasteiger partial charge is 0.506 e. The van der Waals surface area contributed by atoms with Crippen molar-refractivity contribution in [2.24, 2.45) is 0 Å². The molecule has 2 nitrogen and oxygen atoms in total. The van der Waals surface area contributed by atoms with Gasteiger partial charge in [0, 0.05) is 5.39 Å². The van der Waals surface area contributed by atoms with Crippen LogP contribution in [0.3, 0.4) is 0 Å². The molecular formula is C13H9Cl3O2. The molecular weight excluding hydrogens is 294 g/mol. The molecule has 0 amide bonds. The minimum absolute atomic E-state index is 0.0463. The molecule has 0 unspecified atom stereocenters. The first-order chi connectivity index (χ1) is 8.58. The van der Waals surface area contributed by atoms with E-state index in [1.165, 1.54) is 6.08 Å². The average molecular weight is 304 g/mol. The topological polar surface area (TPSA) is 29.5 Å². The summed E-state index contributed by atoms with van der Waals surface area (Å²) in [6.07, 6.45) is 1.54. The molecule has 5 heteroatoms. The van der Waals surface area contributed by atoms with Crippen LogP contribution in [0.4, 0.5) is 0 Å². The van der Waals surface area contributed by atoms with Gasteiger partial charge in [0.2, 0.25) is 0 Å². The number of rotatable bonds is 3. The molecule has 0 spiro atoms. The maximum absolute atomic E-state index is 9.54. The first-order valence-corrected chi connectivity index (χ1v) is 6.26. The number of phenolic OH excluding ortho intramolecular Hbond substituents is 1. The number of halogens is 3. The SMILES string of the molecule is Oc1ccc2ccc(OCC=C(Cl)Cl)cc2c1Cl. The molecule has 0 aliphatic rings. The number of ether oxygens (including phenoxy) is 1. The van der Waals surface area contributed by atoms with E-state index in [1.54, 1.807) is 18.2 Å². The fourth-order valence-electron chi connectivity index (χ4n) is 1.54. The minimum Gasteiger partial charge on any atom is -0.506 e. The first kappa shape index (κ1) is 13.3. The quantitative estimate of drug-likeness (QED) is 0.874. The van der Waals surface area contributed by atoms with E-state index in [1.807, 2.05) is 12.1 Å². The standard InChI is InChI=1S/C13H9Cl3O2/c14-12(15)5-6-18-9-3-1-8-2-4-11(17)13(16)10(8)7-9/h1-5,7,17H,6H2. The van der Waals surface area contributed by atoms with Gasteiger partial charge in [-0.1, -0.05) is 46.9 Å². The number of hydrogen-bond acceptors (Lipinski definition) is 2. The van der Waals surface area contributed by atoms with Gasteiger partial charge in [-0.2, -0.15) is 0 Å². The lowest BCUT2D eigenvalue weighted by atomic mass is 10.1. The molecule has 18 heavy (non-hydrogen) atoms. The highest BCUT2D eigenvalue weighted by Crippen LogP contribution is 2.33. The van der Waals surface area contributed by atoms with Crippen LogP contribution in [-0.4, -0.2) is 11.7 Å². The molecule has 0 saturated heterocycles. The zero-order chi connectivity index (χ0) is 13.1. The van der Waals surface area contributed by atoms with Gasteiger partial charge in [-0.3, -0.25) is 0 Å². The van der Waals surface area contributed by atoms with Gasteiger partial charge in [0.15, 0.2) is 0 Å². The van der Waals surface area contributed by atoms with Crippen molar-refractivity contribution in [1.29, 1.82) is 0 Å². The van der Waals surface area contributed by atoms with Gasteiger partial charge in [-0.05, 0) is 29.7 Å². The Kier molecular flexibility index (Phi) is 4.23. The highest BCUT2D eigenvalue weighted by molar-refractivity contribution is 6.55. The number of hydrogen-bond donors (Lipinski definition) is 1. The Morgan fingerprint density at radius 3 is 2.67 bits per heavy atom. The van der Waals surface area contributed by atoms with Crippen molar-refractivity contribution >= 4 is 45.6 Å². The summed E-state index contributed by atoms with van der Waals surface area (Å²) in [6.45, 7) is 0.268. The molecule has 0 fully saturated rings. The van der Waals surface area contributed by atoms with Crippen LogP contribution in [0.1, 0.15) is 0 Å². The highest BCUT2D eigenvalue weighted by atomic mass is 35.5. The molecule has 0 heterocycles. The van der Waals surface area contributed by atoms with Crippen LogP contribution in [0.25, 0.3) is 10.8 Å². The summed E-state index contributed by atoms with van der Waals surface area (Å²) < 4.78 is 5.59. The third-order valence-electron chi connectivity index (χ3n) is 2.39. The lowest BCUT2D eigenvalue weighted by Crippen LogP contribution is -1.93. The van der Waals surface area contributed by atoms with Crippen molar-refractivity contribution in [3.8, 4) is 11.5 Å². The third kappa shape index (κ3) is 3.02. The van der Waals surface area contributed by atoms with Gasteiger partial charge < -0.3 is 9.84 Å². The van der Waals surface area contributed by atoms with E-state index in [9.17, 15) is 5.11 Å². The van der Waals surface area contributed by atoms with Crippen LogP contribution in [-0.2, 0) is 0 Å². The predicted molar refractivity (Wildman–Crippen MR) is 75.9 cm³/mol. The average Bonchev–Trinajstić information content (AvgIpc) is 2.34. The Labute approximate surface area is 119 Å². The van der Waals surface area contributed by atoms with E-state index in [4.69, 9.17) is 39.5 Å². The Hall–Kier alpha value is -1.09. The Balaban J connectivity index is 2.31. The lowest BCUT2D eigenvalue weighted by molar-refractivity contribution is 0.363. The Morgan fingerprint density at radius 1 is 1.22 bits per heavy atom. The van der Waals surface area contributed by atoms with Gasteiger partial charge in [0.25, 0.3) is 0 Å². The van der Waals surface area contributed by atoms with Gasteiger partial charge in [0.1, 0.15) is 22.6 Å². The van der Waals surface area contributed by atoms with Crippen molar-refractivity contribution in [2.45, 2.75) is 0 Å². The maximum Gasteiger partial charge on any atom is 0.134 e. The van der Waals surface area contributed by atoms with Crippen LogP contribution in [0, 0.1) is 0 Å². The monoisotopic (exact) mass is 302 g/mol. The summed E-state index contributed by atoms with van der Waals surface area (Å²) in [4.78, 5) is 0. The van der Waals surface area contributed by atoms with Crippen LogP contribution in [0.15, 0.2) is 40.9 Å². The van der Waals surface area contributed by atoms with Crippen LogP contribution in [0.5, 0.6) is 11.5 Å². The van der Waals surface area contributed by atoms with Gasteiger partial charge in [-0.25, -0.2) is 0 Å². The van der Waals surface area contributed by atoms with Crippen molar-refractivity contribution < 1.29 is 9.84 Å². The summed E-state index contributed by atoms with van der Waals surface area (Å²) in [5.74, 6) is 0.672. The van der Waals surface area contributed by atoms with Gasteiger partial charge in [-0.15, -0.1) is 0 Å². The zero-order valence-corrected chi connectivity index (χ0v) is 11.4. The summed E-state index contributed by atoms with van der Waals surface area (Å²) in [5, 5.41) is 11.5. The highest BCUT2D eigenvalue weighted by Gasteiger charge is 2.05. The number of fused-ring (bicyclic) bond motifs is 1. The van der Waals surface area contributed by atoms with E-state index in [-0.39, 0.29) is 16.8 Å². The molecule has 0 saturated carbocycles. The van der Waals surface area contributed by atoms with Crippen LogP contribution in [0.2, 0.25) is 5.02 Å². The lowest BCUT2D eigenvalue weighted by Gasteiger charge is -2.07. The molecule has 2 aromatic carbocycles. The summed E-state index contributed by atoms with van der Waals surface area (Å²) in [7, 11) is 0. The fourth-order valence-corrected chi connectivity index (χ4v) is 1.89. The summed E-state index contributed by atoms with van der Waals surface area (Å²) in [5.41, 5.74) is 0. The summed E-state index contributed by atoms with van der Waals surface area (Å²) >= 11 is 17.0. The molecule has 1 N–H and O–H groups in total. The molecule has 0 aromatic heterocycles. The maximum atomic E-state index is 9.54. The number of phenols is 1. The second-order valence-corrected chi connectivity index (χ2v) is 4.97. The normalized spacial score (nSPS) is 10.4. The second kappa shape index (κ2) is 5.70. The third-order valence-corrected chi connectivity index (χ3v) is 3.10. The van der Waals surface area contributed by atoms with Crippen molar-refractivity contribution in [3.05, 3.63) is 45.9 Å². The molecule has 0 bridgehead atoms. The second-order valence-electron chi connectivity index (χ2n) is 3.59. The Morgan fingerprint density at radius 2 is 1.94 bits per heavy atom.